The molecule has 14 heavy (non-hydrogen) atoms. The van der Waals surface area contributed by atoms with Gasteiger partial charge in [0, 0.05) is 17.3 Å². The van der Waals surface area contributed by atoms with Gasteiger partial charge in [-0.25, -0.2) is 4.98 Å². The van der Waals surface area contributed by atoms with Crippen LogP contribution in [0.3, 0.4) is 0 Å². The van der Waals surface area contributed by atoms with Crippen molar-refractivity contribution in [2.24, 2.45) is 0 Å². The van der Waals surface area contributed by atoms with Gasteiger partial charge in [0.15, 0.2) is 0 Å². The molecule has 1 aromatic heterocycles. The lowest BCUT2D eigenvalue weighted by molar-refractivity contribution is 0.0152. The highest BCUT2D eigenvalue weighted by Gasteiger charge is 2.07. The minimum absolute atomic E-state index is 0.175. The van der Waals surface area contributed by atoms with Crippen LogP contribution in [0.2, 0.25) is 0 Å². The van der Waals surface area contributed by atoms with Crippen molar-refractivity contribution in [2.45, 2.75) is 30.4 Å². The highest BCUT2D eigenvalue weighted by molar-refractivity contribution is 8.01. The van der Waals surface area contributed by atoms with E-state index in [0.29, 0.717) is 12.4 Å². The first-order valence-electron chi connectivity index (χ1n) is 4.50. The summed E-state index contributed by atoms with van der Waals surface area (Å²) >= 11 is 3.15. The third kappa shape index (κ3) is 4.95. The molecular formula is C9H15NO2S2. The molecule has 1 unspecified atom stereocenters. The number of ether oxygens (including phenoxy) is 1. The van der Waals surface area contributed by atoms with Crippen LogP contribution in [0.4, 0.5) is 0 Å². The summed E-state index contributed by atoms with van der Waals surface area (Å²) < 4.78 is 6.29. The summed E-state index contributed by atoms with van der Waals surface area (Å²) in [6.07, 6.45) is 1.53. The number of hydrogen-bond donors (Lipinski definition) is 1. The SMILES string of the molecule is CC(C)OCC(O)CSc1nccs1. The largest absolute Gasteiger partial charge is 0.390 e. The maximum atomic E-state index is 9.53. The number of aliphatic hydroxyl groups excluding tert-OH is 1. The first kappa shape index (κ1) is 12.0. The van der Waals surface area contributed by atoms with Gasteiger partial charge in [0.1, 0.15) is 4.34 Å². The van der Waals surface area contributed by atoms with E-state index in [0.717, 1.165) is 4.34 Å². The van der Waals surface area contributed by atoms with E-state index in [1.807, 2.05) is 19.2 Å². The smallest absolute Gasteiger partial charge is 0.149 e. The van der Waals surface area contributed by atoms with E-state index in [1.54, 1.807) is 29.3 Å². The molecule has 0 bridgehead atoms. The number of hydrogen-bond acceptors (Lipinski definition) is 5. The van der Waals surface area contributed by atoms with Crippen LogP contribution in [0.25, 0.3) is 0 Å². The third-order valence-corrected chi connectivity index (χ3v) is 3.54. The normalized spacial score (nSPS) is 13.4. The number of aromatic nitrogens is 1. The average Bonchev–Trinajstić information content (AvgIpc) is 2.63. The molecule has 0 saturated carbocycles. The van der Waals surface area contributed by atoms with Crippen molar-refractivity contribution in [1.82, 2.24) is 4.98 Å². The minimum atomic E-state index is -0.411. The van der Waals surface area contributed by atoms with Crippen molar-refractivity contribution < 1.29 is 9.84 Å². The zero-order valence-electron chi connectivity index (χ0n) is 8.34. The molecule has 0 aromatic carbocycles. The molecule has 0 amide bonds. The second kappa shape index (κ2) is 6.40. The fourth-order valence-corrected chi connectivity index (χ4v) is 2.37. The van der Waals surface area contributed by atoms with Gasteiger partial charge in [0.2, 0.25) is 0 Å². The van der Waals surface area contributed by atoms with Crippen LogP contribution in [0.1, 0.15) is 13.8 Å². The van der Waals surface area contributed by atoms with Crippen LogP contribution in [0.15, 0.2) is 15.9 Å². The van der Waals surface area contributed by atoms with Gasteiger partial charge >= 0.3 is 0 Å². The Morgan fingerprint density at radius 3 is 3.00 bits per heavy atom. The predicted molar refractivity (Wildman–Crippen MR) is 59.9 cm³/mol. The van der Waals surface area contributed by atoms with Gasteiger partial charge in [0.05, 0.1) is 18.8 Å². The van der Waals surface area contributed by atoms with E-state index in [4.69, 9.17) is 4.74 Å². The Morgan fingerprint density at radius 1 is 1.64 bits per heavy atom. The molecule has 0 radical (unpaired) electrons. The Hall–Kier alpha value is -0.100. The standard InChI is InChI=1S/C9H15NO2S2/c1-7(2)12-5-8(11)6-14-9-10-3-4-13-9/h3-4,7-8,11H,5-6H2,1-2H3. The molecular weight excluding hydrogens is 218 g/mol. The van der Waals surface area contributed by atoms with Crippen LogP contribution < -0.4 is 0 Å². The van der Waals surface area contributed by atoms with Crippen LogP contribution in [0.5, 0.6) is 0 Å². The summed E-state index contributed by atoms with van der Waals surface area (Å²) in [7, 11) is 0. The lowest BCUT2D eigenvalue weighted by Gasteiger charge is -2.12. The molecule has 1 heterocycles. The fraction of sp³-hybridized carbons (Fsp3) is 0.667. The predicted octanol–water partition coefficient (Wildman–Crippen LogP) is 2.02. The lowest BCUT2D eigenvalue weighted by Crippen LogP contribution is -2.20. The number of nitrogens with zero attached hydrogens (tertiary/aromatic N) is 1. The van der Waals surface area contributed by atoms with Gasteiger partial charge in [-0.15, -0.1) is 11.3 Å². The monoisotopic (exact) mass is 233 g/mol. The van der Waals surface area contributed by atoms with Crippen LogP contribution in [-0.2, 0) is 4.74 Å². The molecule has 0 spiro atoms. The summed E-state index contributed by atoms with van der Waals surface area (Å²) in [5.41, 5.74) is 0. The Morgan fingerprint density at radius 2 is 2.43 bits per heavy atom. The van der Waals surface area contributed by atoms with Gasteiger partial charge in [-0.05, 0) is 13.8 Å². The molecule has 0 fully saturated rings. The number of thiazole rings is 1. The molecule has 0 aliphatic heterocycles. The van der Waals surface area contributed by atoms with Gasteiger partial charge in [-0.3, -0.25) is 0 Å². The van der Waals surface area contributed by atoms with E-state index < -0.39 is 6.10 Å². The second-order valence-electron chi connectivity index (χ2n) is 3.14. The molecule has 1 N–H and O–H groups in total. The Balaban J connectivity index is 2.12. The molecule has 1 atom stereocenters. The van der Waals surface area contributed by atoms with Crippen LogP contribution in [-0.4, -0.2) is 34.7 Å². The zero-order valence-corrected chi connectivity index (χ0v) is 9.98. The van der Waals surface area contributed by atoms with Crippen molar-refractivity contribution >= 4 is 23.1 Å². The zero-order chi connectivity index (χ0) is 10.4. The van der Waals surface area contributed by atoms with E-state index in [1.165, 1.54) is 0 Å². The molecule has 1 rings (SSSR count). The highest BCUT2D eigenvalue weighted by atomic mass is 32.2. The Kier molecular flexibility index (Phi) is 5.47. The van der Waals surface area contributed by atoms with E-state index in [2.05, 4.69) is 4.98 Å². The second-order valence-corrected chi connectivity index (χ2v) is 5.31. The lowest BCUT2D eigenvalue weighted by atomic mass is 10.4. The third-order valence-electron chi connectivity index (χ3n) is 1.43. The molecule has 3 nitrogen and oxygen atoms in total. The van der Waals surface area contributed by atoms with E-state index in [9.17, 15) is 5.11 Å². The van der Waals surface area contributed by atoms with E-state index in [-0.39, 0.29) is 6.10 Å². The molecule has 5 heteroatoms. The van der Waals surface area contributed by atoms with Crippen molar-refractivity contribution in [1.29, 1.82) is 0 Å². The van der Waals surface area contributed by atoms with Crippen molar-refractivity contribution in [3.8, 4) is 0 Å². The number of rotatable bonds is 6. The van der Waals surface area contributed by atoms with Gasteiger partial charge in [-0.1, -0.05) is 11.8 Å². The molecule has 0 aliphatic carbocycles. The van der Waals surface area contributed by atoms with Crippen molar-refractivity contribution in [2.75, 3.05) is 12.4 Å². The maximum Gasteiger partial charge on any atom is 0.149 e. The first-order valence-corrected chi connectivity index (χ1v) is 6.37. The molecule has 0 aliphatic rings. The summed E-state index contributed by atoms with van der Waals surface area (Å²) in [5.74, 6) is 0.639. The van der Waals surface area contributed by atoms with E-state index >= 15 is 0 Å². The molecule has 0 saturated heterocycles. The first-order chi connectivity index (χ1) is 6.68. The Labute approximate surface area is 92.5 Å². The van der Waals surface area contributed by atoms with Gasteiger partial charge in [-0.2, -0.15) is 0 Å². The van der Waals surface area contributed by atoms with Gasteiger partial charge < -0.3 is 9.84 Å². The van der Waals surface area contributed by atoms with Crippen molar-refractivity contribution in [3.05, 3.63) is 11.6 Å². The minimum Gasteiger partial charge on any atom is -0.390 e. The van der Waals surface area contributed by atoms with Crippen LogP contribution in [0, 0.1) is 0 Å². The quantitative estimate of drug-likeness (QED) is 0.763. The Bertz CT molecular complexity index is 239. The number of aliphatic hydroxyl groups is 1. The highest BCUT2D eigenvalue weighted by Crippen LogP contribution is 2.20. The number of thioether (sulfide) groups is 1. The topological polar surface area (TPSA) is 42.4 Å². The van der Waals surface area contributed by atoms with Gasteiger partial charge in [0.25, 0.3) is 0 Å². The maximum absolute atomic E-state index is 9.53. The summed E-state index contributed by atoms with van der Waals surface area (Å²) in [6.45, 7) is 4.32. The van der Waals surface area contributed by atoms with Crippen LogP contribution >= 0.6 is 23.1 Å². The molecule has 1 aromatic rings. The summed E-state index contributed by atoms with van der Waals surface area (Å²) in [4.78, 5) is 4.11. The molecule has 80 valence electrons. The summed E-state index contributed by atoms with van der Waals surface area (Å²) in [6, 6.07) is 0. The van der Waals surface area contributed by atoms with Crippen molar-refractivity contribution in [3.63, 3.8) is 0 Å². The average molecular weight is 233 g/mol. The fourth-order valence-electron chi connectivity index (χ4n) is 0.801. The summed E-state index contributed by atoms with van der Waals surface area (Å²) in [5, 5.41) is 11.5.